The zero-order valence-corrected chi connectivity index (χ0v) is 21.9. The molecular weight excluding hydrogens is 495 g/mol. The van der Waals surface area contributed by atoms with Crippen molar-refractivity contribution in [3.8, 4) is 0 Å². The summed E-state index contributed by atoms with van der Waals surface area (Å²) < 4.78 is 51.7. The summed E-state index contributed by atoms with van der Waals surface area (Å²) in [6, 6.07) is 9.15. The lowest BCUT2D eigenvalue weighted by Crippen LogP contribution is -2.61. The Balaban J connectivity index is 2.47. The van der Waals surface area contributed by atoms with E-state index in [0.717, 1.165) is 19.4 Å². The highest BCUT2D eigenvalue weighted by atomic mass is 31.2. The molecule has 5 unspecified atom stereocenters. The average Bonchev–Trinajstić information content (AvgIpc) is 2.80. The van der Waals surface area contributed by atoms with E-state index >= 15 is 0 Å². The zero-order valence-electron chi connectivity index (χ0n) is 21.0. The second-order valence-corrected chi connectivity index (χ2v) is 9.60. The van der Waals surface area contributed by atoms with Gasteiger partial charge in [-0.15, -0.1) is 0 Å². The van der Waals surface area contributed by atoms with Gasteiger partial charge in [0.25, 0.3) is 0 Å². The van der Waals surface area contributed by atoms with Crippen LogP contribution >= 0.6 is 7.60 Å². The summed E-state index contributed by atoms with van der Waals surface area (Å²) >= 11 is 0. The normalized spacial score (nSPS) is 24.3. The van der Waals surface area contributed by atoms with Gasteiger partial charge in [0.15, 0.2) is 24.6 Å². The van der Waals surface area contributed by atoms with Crippen LogP contribution in [0, 0.1) is 0 Å². The second-order valence-electron chi connectivity index (χ2n) is 7.70. The largest absolute Gasteiger partial charge is 0.455 e. The molecule has 0 amide bonds. The Morgan fingerprint density at radius 2 is 1.39 bits per heavy atom. The summed E-state index contributed by atoms with van der Waals surface area (Å²) in [5.41, 5.74) is 0.804. The van der Waals surface area contributed by atoms with Gasteiger partial charge in [0.2, 0.25) is 0 Å². The summed E-state index contributed by atoms with van der Waals surface area (Å²) in [4.78, 5) is 35.8. The van der Waals surface area contributed by atoms with Gasteiger partial charge in [0.05, 0.1) is 19.8 Å². The number of rotatable bonds is 12. The van der Waals surface area contributed by atoms with Crippen molar-refractivity contribution in [3.05, 3.63) is 47.8 Å². The molecule has 1 aromatic rings. The summed E-state index contributed by atoms with van der Waals surface area (Å²) in [5.74, 6) is -0.925. The molecule has 1 fully saturated rings. The van der Waals surface area contributed by atoms with Gasteiger partial charge in [-0.3, -0.25) is 18.9 Å². The van der Waals surface area contributed by atoms with Crippen molar-refractivity contribution in [2.45, 2.75) is 71.9 Å². The van der Waals surface area contributed by atoms with E-state index in [1.54, 1.807) is 13.8 Å². The third-order valence-electron chi connectivity index (χ3n) is 4.77. The first kappa shape index (κ1) is 29.7. The Morgan fingerprint density at radius 1 is 0.861 bits per heavy atom. The Kier molecular flexibility index (Phi) is 11.7. The van der Waals surface area contributed by atoms with Crippen LogP contribution in [0.3, 0.4) is 0 Å². The predicted molar refractivity (Wildman–Crippen MR) is 127 cm³/mol. The minimum absolute atomic E-state index is 0.0705. The van der Waals surface area contributed by atoms with Gasteiger partial charge in [-0.2, -0.15) is 0 Å². The maximum Gasteiger partial charge on any atom is 0.353 e. The first-order valence-electron chi connectivity index (χ1n) is 11.5. The molecule has 1 aliphatic rings. The number of hydrogen-bond acceptors (Lipinski definition) is 11. The third kappa shape index (κ3) is 9.15. The Hall–Kier alpha value is -2.56. The van der Waals surface area contributed by atoms with Crippen molar-refractivity contribution >= 4 is 25.5 Å². The zero-order chi connectivity index (χ0) is 26.7. The van der Waals surface area contributed by atoms with E-state index in [1.165, 1.54) is 18.8 Å². The first-order chi connectivity index (χ1) is 17.1. The smallest absolute Gasteiger partial charge is 0.353 e. The van der Waals surface area contributed by atoms with E-state index in [-0.39, 0.29) is 19.8 Å². The lowest BCUT2D eigenvalue weighted by molar-refractivity contribution is -0.298. The summed E-state index contributed by atoms with van der Waals surface area (Å²) in [6.45, 7) is 7.12. The highest BCUT2D eigenvalue weighted by Crippen LogP contribution is 2.50. The Labute approximate surface area is 210 Å². The van der Waals surface area contributed by atoms with Crippen LogP contribution in [0.5, 0.6) is 0 Å². The van der Waals surface area contributed by atoms with E-state index in [0.29, 0.717) is 0 Å². The van der Waals surface area contributed by atoms with Crippen LogP contribution < -0.4 is 0 Å². The SMILES string of the molecule is CCOP(=O)(/C=C/C1OC(OCc2ccccc2)C(OC(C)=O)C(OC(C)=O)C1OC(C)=O)OCC. The van der Waals surface area contributed by atoms with Crippen molar-refractivity contribution in [1.29, 1.82) is 0 Å². The van der Waals surface area contributed by atoms with Crippen LogP contribution in [0.1, 0.15) is 40.2 Å². The molecule has 0 bridgehead atoms. The predicted octanol–water partition coefficient (Wildman–Crippen LogP) is 3.50. The lowest BCUT2D eigenvalue weighted by atomic mass is 9.97. The van der Waals surface area contributed by atoms with Crippen molar-refractivity contribution in [2.75, 3.05) is 13.2 Å². The number of hydrogen-bond donors (Lipinski definition) is 0. The fourth-order valence-electron chi connectivity index (χ4n) is 3.52. The van der Waals surface area contributed by atoms with Crippen LogP contribution in [0.25, 0.3) is 0 Å². The van der Waals surface area contributed by atoms with Gasteiger partial charge in [-0.25, -0.2) is 0 Å². The van der Waals surface area contributed by atoms with Crippen LogP contribution in [0.15, 0.2) is 42.2 Å². The molecule has 2 rings (SSSR count). The van der Waals surface area contributed by atoms with Gasteiger partial charge >= 0.3 is 25.5 Å². The van der Waals surface area contributed by atoms with E-state index in [2.05, 4.69) is 0 Å². The van der Waals surface area contributed by atoms with Crippen LogP contribution in [0.2, 0.25) is 0 Å². The summed E-state index contributed by atoms with van der Waals surface area (Å²) in [7, 11) is -3.65. The molecule has 0 N–H and O–H groups in total. The molecule has 12 heteroatoms. The topological polar surface area (TPSA) is 133 Å². The number of carbonyl (C=O) groups is 3. The third-order valence-corrected chi connectivity index (χ3v) is 6.54. The molecule has 1 aliphatic heterocycles. The minimum atomic E-state index is -3.65. The molecule has 1 saturated heterocycles. The molecule has 36 heavy (non-hydrogen) atoms. The quantitative estimate of drug-likeness (QED) is 0.224. The molecule has 0 aliphatic carbocycles. The first-order valence-corrected chi connectivity index (χ1v) is 13.1. The highest BCUT2D eigenvalue weighted by molar-refractivity contribution is 7.57. The Morgan fingerprint density at radius 3 is 1.92 bits per heavy atom. The summed E-state index contributed by atoms with van der Waals surface area (Å²) in [5, 5.41) is 0. The molecular formula is C24H33O11P. The van der Waals surface area contributed by atoms with Crippen LogP contribution in [-0.2, 0) is 58.3 Å². The van der Waals surface area contributed by atoms with Crippen molar-refractivity contribution in [3.63, 3.8) is 0 Å². The molecule has 11 nitrogen and oxygen atoms in total. The number of esters is 3. The van der Waals surface area contributed by atoms with E-state index in [9.17, 15) is 18.9 Å². The molecule has 1 heterocycles. The molecule has 200 valence electrons. The number of ether oxygens (including phenoxy) is 5. The lowest BCUT2D eigenvalue weighted by Gasteiger charge is -2.43. The molecule has 5 atom stereocenters. The molecule has 0 spiro atoms. The Bertz CT molecular complexity index is 939. The van der Waals surface area contributed by atoms with Crippen molar-refractivity contribution < 1.29 is 51.7 Å². The molecule has 0 aromatic heterocycles. The standard InChI is InChI=1S/C24H33O11P/c1-6-30-36(28,31-7-2)14-13-20-21(32-16(3)25)22(33-17(4)26)23(34-18(5)27)24(35-20)29-15-19-11-9-8-10-12-19/h8-14,20-24H,6-7,15H2,1-5H3/b14-13+. The fourth-order valence-corrected chi connectivity index (χ4v) is 4.87. The number of benzene rings is 1. The van der Waals surface area contributed by atoms with Gasteiger partial charge in [0.1, 0.15) is 6.10 Å². The van der Waals surface area contributed by atoms with Gasteiger partial charge < -0.3 is 32.7 Å². The highest BCUT2D eigenvalue weighted by Gasteiger charge is 2.52. The molecule has 0 radical (unpaired) electrons. The van der Waals surface area contributed by atoms with Crippen molar-refractivity contribution in [2.24, 2.45) is 0 Å². The van der Waals surface area contributed by atoms with E-state index < -0.39 is 56.2 Å². The van der Waals surface area contributed by atoms with Crippen molar-refractivity contribution in [1.82, 2.24) is 0 Å². The van der Waals surface area contributed by atoms with Gasteiger partial charge in [0, 0.05) is 26.6 Å². The molecule has 1 aromatic carbocycles. The van der Waals surface area contributed by atoms with Crippen LogP contribution in [0.4, 0.5) is 0 Å². The van der Waals surface area contributed by atoms with Gasteiger partial charge in [-0.1, -0.05) is 30.3 Å². The second kappa shape index (κ2) is 14.2. The fraction of sp³-hybridized carbons (Fsp3) is 0.542. The summed E-state index contributed by atoms with van der Waals surface area (Å²) in [6.07, 6.45) is -4.86. The molecule has 0 saturated carbocycles. The maximum atomic E-state index is 13.0. The van der Waals surface area contributed by atoms with Crippen LogP contribution in [-0.4, -0.2) is 61.8 Å². The monoisotopic (exact) mass is 528 g/mol. The van der Waals surface area contributed by atoms with Gasteiger partial charge in [-0.05, 0) is 25.5 Å². The van der Waals surface area contributed by atoms with E-state index in [4.69, 9.17) is 32.7 Å². The average molecular weight is 528 g/mol. The maximum absolute atomic E-state index is 13.0. The number of carbonyl (C=O) groups excluding carboxylic acids is 3. The van der Waals surface area contributed by atoms with E-state index in [1.807, 2.05) is 30.3 Å². The minimum Gasteiger partial charge on any atom is -0.455 e.